The number of likely N-dealkylation sites (tertiary alicyclic amines) is 1. The molecule has 3 unspecified atom stereocenters. The number of hydrogen-bond donors (Lipinski definition) is 1. The minimum Gasteiger partial charge on any atom is -0.345 e. The zero-order valence-electron chi connectivity index (χ0n) is 12.2. The van der Waals surface area contributed by atoms with Gasteiger partial charge < -0.3 is 15.1 Å². The van der Waals surface area contributed by atoms with E-state index in [-0.39, 0.29) is 30.1 Å². The topological polar surface area (TPSA) is 52.7 Å². The molecule has 0 aromatic carbocycles. The minimum absolute atomic E-state index is 0. The first kappa shape index (κ1) is 15.6. The van der Waals surface area contributed by atoms with Gasteiger partial charge in [0.25, 0.3) is 0 Å². The van der Waals surface area contributed by atoms with E-state index in [0.717, 1.165) is 12.8 Å². The standard InChI is InChI=1S/C14H23N3O2.ClH/c1-16-8-9(5-13(16)18)14(19)17(2)12-6-10-3-4-11(7-12)15-10;/h9-12,15H,3-8H2,1-2H3;1H. The summed E-state index contributed by atoms with van der Waals surface area (Å²) in [5.41, 5.74) is 0. The van der Waals surface area contributed by atoms with Crippen LogP contribution in [0.3, 0.4) is 0 Å². The molecule has 3 saturated heterocycles. The van der Waals surface area contributed by atoms with E-state index in [0.29, 0.717) is 31.1 Å². The van der Waals surface area contributed by atoms with Crippen LogP contribution in [0.4, 0.5) is 0 Å². The van der Waals surface area contributed by atoms with Crippen LogP contribution in [0.5, 0.6) is 0 Å². The number of halogens is 1. The van der Waals surface area contributed by atoms with Gasteiger partial charge in [-0.05, 0) is 25.7 Å². The van der Waals surface area contributed by atoms with Crippen molar-refractivity contribution in [3.63, 3.8) is 0 Å². The molecule has 3 heterocycles. The Morgan fingerprint density at radius 1 is 1.30 bits per heavy atom. The number of carbonyl (C=O) groups excluding carboxylic acids is 2. The summed E-state index contributed by atoms with van der Waals surface area (Å²) >= 11 is 0. The summed E-state index contributed by atoms with van der Waals surface area (Å²) in [4.78, 5) is 27.6. The third kappa shape index (κ3) is 2.79. The Morgan fingerprint density at radius 3 is 2.40 bits per heavy atom. The highest BCUT2D eigenvalue weighted by molar-refractivity contribution is 5.89. The van der Waals surface area contributed by atoms with Gasteiger partial charge in [0, 0.05) is 45.2 Å². The predicted octanol–water partition coefficient (Wildman–Crippen LogP) is 0.628. The summed E-state index contributed by atoms with van der Waals surface area (Å²) in [6, 6.07) is 1.53. The average molecular weight is 302 g/mol. The lowest BCUT2D eigenvalue weighted by atomic mass is 9.97. The van der Waals surface area contributed by atoms with E-state index in [1.165, 1.54) is 12.8 Å². The van der Waals surface area contributed by atoms with Crippen molar-refractivity contribution in [2.24, 2.45) is 5.92 Å². The molecule has 3 aliphatic heterocycles. The lowest BCUT2D eigenvalue weighted by molar-refractivity contribution is -0.137. The second-order valence-corrected chi connectivity index (χ2v) is 6.39. The second-order valence-electron chi connectivity index (χ2n) is 6.39. The number of fused-ring (bicyclic) bond motifs is 2. The Hall–Kier alpha value is -0.810. The normalized spacial score (nSPS) is 35.9. The number of amides is 2. The SMILES string of the molecule is CN1CC(C(=O)N(C)C2CC3CCC(C2)N3)CC1=O.Cl. The van der Waals surface area contributed by atoms with Crippen LogP contribution in [0.1, 0.15) is 32.1 Å². The van der Waals surface area contributed by atoms with Gasteiger partial charge in [0.1, 0.15) is 0 Å². The molecule has 20 heavy (non-hydrogen) atoms. The van der Waals surface area contributed by atoms with E-state index in [4.69, 9.17) is 0 Å². The number of carbonyl (C=O) groups is 2. The van der Waals surface area contributed by atoms with E-state index in [2.05, 4.69) is 5.32 Å². The maximum absolute atomic E-state index is 12.5. The van der Waals surface area contributed by atoms with Crippen molar-refractivity contribution in [2.45, 2.75) is 50.2 Å². The highest BCUT2D eigenvalue weighted by atomic mass is 35.5. The van der Waals surface area contributed by atoms with Crippen LogP contribution in [0.25, 0.3) is 0 Å². The summed E-state index contributed by atoms with van der Waals surface area (Å²) < 4.78 is 0. The number of nitrogens with zero attached hydrogens (tertiary/aromatic N) is 2. The van der Waals surface area contributed by atoms with Gasteiger partial charge in [-0.25, -0.2) is 0 Å². The van der Waals surface area contributed by atoms with Crippen molar-refractivity contribution in [3.8, 4) is 0 Å². The fourth-order valence-corrected chi connectivity index (χ4v) is 3.84. The Balaban J connectivity index is 0.00000147. The van der Waals surface area contributed by atoms with Crippen LogP contribution in [-0.2, 0) is 9.59 Å². The fourth-order valence-electron chi connectivity index (χ4n) is 3.84. The van der Waals surface area contributed by atoms with Crippen LogP contribution in [0.2, 0.25) is 0 Å². The van der Waals surface area contributed by atoms with Gasteiger partial charge in [0.2, 0.25) is 11.8 Å². The molecule has 0 aromatic rings. The molecule has 3 atom stereocenters. The molecule has 3 fully saturated rings. The summed E-state index contributed by atoms with van der Waals surface area (Å²) in [6.45, 7) is 0.583. The summed E-state index contributed by atoms with van der Waals surface area (Å²) in [7, 11) is 3.70. The second kappa shape index (κ2) is 5.90. The lowest BCUT2D eigenvalue weighted by Crippen LogP contribution is -2.50. The molecule has 0 radical (unpaired) electrons. The van der Waals surface area contributed by atoms with Crippen LogP contribution in [0, 0.1) is 5.92 Å². The van der Waals surface area contributed by atoms with Gasteiger partial charge >= 0.3 is 0 Å². The highest BCUT2D eigenvalue weighted by Crippen LogP contribution is 2.30. The van der Waals surface area contributed by atoms with Gasteiger partial charge in [-0.15, -0.1) is 12.4 Å². The van der Waals surface area contributed by atoms with E-state index >= 15 is 0 Å². The largest absolute Gasteiger partial charge is 0.345 e. The Kier molecular flexibility index (Phi) is 4.59. The molecule has 3 aliphatic rings. The van der Waals surface area contributed by atoms with E-state index < -0.39 is 0 Å². The molecule has 0 spiro atoms. The maximum Gasteiger partial charge on any atom is 0.227 e. The summed E-state index contributed by atoms with van der Waals surface area (Å²) in [5.74, 6) is 0.121. The first-order valence-electron chi connectivity index (χ1n) is 7.31. The van der Waals surface area contributed by atoms with Crippen LogP contribution < -0.4 is 5.32 Å². The average Bonchev–Trinajstić information content (AvgIpc) is 2.91. The predicted molar refractivity (Wildman–Crippen MR) is 78.7 cm³/mol. The van der Waals surface area contributed by atoms with Gasteiger partial charge in [-0.2, -0.15) is 0 Å². The molecule has 1 N–H and O–H groups in total. The number of nitrogens with one attached hydrogen (secondary N) is 1. The molecule has 0 saturated carbocycles. The Labute approximate surface area is 126 Å². The Morgan fingerprint density at radius 2 is 1.90 bits per heavy atom. The number of hydrogen-bond acceptors (Lipinski definition) is 3. The summed E-state index contributed by atoms with van der Waals surface area (Å²) in [6.07, 6.45) is 5.00. The lowest BCUT2D eigenvalue weighted by Gasteiger charge is -2.36. The van der Waals surface area contributed by atoms with E-state index in [1.807, 2.05) is 11.9 Å². The first-order valence-corrected chi connectivity index (χ1v) is 7.31. The minimum atomic E-state index is -0.130. The third-order valence-electron chi connectivity index (χ3n) is 5.03. The summed E-state index contributed by atoms with van der Waals surface area (Å²) in [5, 5.41) is 3.60. The van der Waals surface area contributed by atoms with Gasteiger partial charge in [0.15, 0.2) is 0 Å². The van der Waals surface area contributed by atoms with Gasteiger partial charge in [-0.3, -0.25) is 9.59 Å². The molecule has 5 nitrogen and oxygen atoms in total. The third-order valence-corrected chi connectivity index (χ3v) is 5.03. The van der Waals surface area contributed by atoms with E-state index in [1.54, 1.807) is 11.9 Å². The molecule has 2 amide bonds. The molecular formula is C14H24ClN3O2. The van der Waals surface area contributed by atoms with Crippen molar-refractivity contribution >= 4 is 24.2 Å². The number of rotatable bonds is 2. The Bertz CT molecular complexity index is 392. The quantitative estimate of drug-likeness (QED) is 0.814. The smallest absolute Gasteiger partial charge is 0.227 e. The number of piperidine rings is 1. The molecule has 0 aromatic heterocycles. The highest BCUT2D eigenvalue weighted by Gasteiger charge is 2.40. The molecule has 114 valence electrons. The van der Waals surface area contributed by atoms with Crippen molar-refractivity contribution < 1.29 is 9.59 Å². The van der Waals surface area contributed by atoms with Crippen LogP contribution >= 0.6 is 12.4 Å². The van der Waals surface area contributed by atoms with Gasteiger partial charge in [0.05, 0.1) is 5.92 Å². The molecule has 2 bridgehead atoms. The first-order chi connectivity index (χ1) is 9.04. The zero-order chi connectivity index (χ0) is 13.6. The zero-order valence-corrected chi connectivity index (χ0v) is 13.0. The van der Waals surface area contributed by atoms with E-state index in [9.17, 15) is 9.59 Å². The van der Waals surface area contributed by atoms with Crippen molar-refractivity contribution in [2.75, 3.05) is 20.6 Å². The molecule has 6 heteroatoms. The fraction of sp³-hybridized carbons (Fsp3) is 0.857. The van der Waals surface area contributed by atoms with Crippen molar-refractivity contribution in [3.05, 3.63) is 0 Å². The van der Waals surface area contributed by atoms with Crippen molar-refractivity contribution in [1.82, 2.24) is 15.1 Å². The van der Waals surface area contributed by atoms with Gasteiger partial charge in [-0.1, -0.05) is 0 Å². The molecular weight excluding hydrogens is 278 g/mol. The monoisotopic (exact) mass is 301 g/mol. The molecule has 3 rings (SSSR count). The maximum atomic E-state index is 12.5. The van der Waals surface area contributed by atoms with Crippen LogP contribution in [0.15, 0.2) is 0 Å². The van der Waals surface area contributed by atoms with Crippen molar-refractivity contribution in [1.29, 1.82) is 0 Å². The molecule has 0 aliphatic carbocycles. The van der Waals surface area contributed by atoms with Crippen LogP contribution in [-0.4, -0.2) is 60.4 Å².